The third-order valence-electron chi connectivity index (χ3n) is 6.40. The van der Waals surface area contributed by atoms with Crippen LogP contribution in [0.25, 0.3) is 0 Å². The molecular weight excluding hydrogens is 461 g/mol. The van der Waals surface area contributed by atoms with E-state index in [0.717, 1.165) is 5.56 Å². The molecule has 1 aliphatic heterocycles. The summed E-state index contributed by atoms with van der Waals surface area (Å²) in [6, 6.07) is 9.88. The molecule has 1 aliphatic carbocycles. The molecule has 2 atom stereocenters. The third-order valence-corrected chi connectivity index (χ3v) is 6.73. The number of benzene rings is 2. The molecule has 2 aliphatic rings. The topological polar surface area (TPSA) is 73.9 Å². The summed E-state index contributed by atoms with van der Waals surface area (Å²) >= 11 is 6.39. The van der Waals surface area contributed by atoms with E-state index >= 15 is 4.39 Å². The van der Waals surface area contributed by atoms with E-state index in [-0.39, 0.29) is 34.3 Å². The number of halogens is 2. The second-order valence-electron chi connectivity index (χ2n) is 8.26. The molecular formula is C26H25ClFNO5. The number of carbonyl (C=O) groups is 2. The maximum Gasteiger partial charge on any atom is 0.336 e. The first-order chi connectivity index (χ1) is 16.3. The number of rotatable bonds is 5. The molecule has 0 saturated heterocycles. The number of carbonyl (C=O) groups excluding carboxylic acids is 2. The molecule has 8 heteroatoms. The molecule has 1 N–H and O–H groups in total. The Kier molecular flexibility index (Phi) is 6.66. The van der Waals surface area contributed by atoms with E-state index in [9.17, 15) is 9.59 Å². The number of esters is 1. The molecule has 2 unspecified atom stereocenters. The first-order valence-corrected chi connectivity index (χ1v) is 11.2. The molecule has 0 aromatic heterocycles. The van der Waals surface area contributed by atoms with Crippen LogP contribution in [0.3, 0.4) is 0 Å². The fourth-order valence-corrected chi connectivity index (χ4v) is 5.11. The maximum atomic E-state index is 15.0. The molecule has 2 aromatic carbocycles. The minimum Gasteiger partial charge on any atom is -0.493 e. The van der Waals surface area contributed by atoms with Crippen LogP contribution in [0, 0.1) is 5.82 Å². The summed E-state index contributed by atoms with van der Waals surface area (Å²) in [6.07, 6.45) is 0.678. The van der Waals surface area contributed by atoms with Crippen molar-refractivity contribution in [3.63, 3.8) is 0 Å². The van der Waals surface area contributed by atoms with Gasteiger partial charge < -0.3 is 19.5 Å². The lowest BCUT2D eigenvalue weighted by molar-refractivity contribution is -0.136. The molecule has 0 radical (unpaired) electrons. The van der Waals surface area contributed by atoms with Gasteiger partial charge in [0, 0.05) is 34.0 Å². The van der Waals surface area contributed by atoms with Crippen LogP contribution in [-0.4, -0.2) is 33.1 Å². The Morgan fingerprint density at radius 2 is 1.82 bits per heavy atom. The van der Waals surface area contributed by atoms with E-state index in [0.29, 0.717) is 34.9 Å². The standard InChI is InChI=1S/C26H25ClFNO5/c1-13-22(26(31)34-4)25(23-16(27)6-5-7-17(23)28)24-18(29-13)10-15(11-19(24)30)14-8-9-20(32-2)21(12-14)33-3/h5-9,12,15,25,29H,10-11H2,1-4H3. The van der Waals surface area contributed by atoms with E-state index in [1.165, 1.54) is 19.2 Å². The van der Waals surface area contributed by atoms with Crippen molar-refractivity contribution in [2.75, 3.05) is 21.3 Å². The largest absolute Gasteiger partial charge is 0.493 e. The SMILES string of the molecule is COC(=O)C1=C(C)NC2=C(C(=O)CC(c3ccc(OC)c(OC)c3)C2)C1c1c(F)cccc1Cl. The summed E-state index contributed by atoms with van der Waals surface area (Å²) in [5.41, 5.74) is 2.66. The Morgan fingerprint density at radius 1 is 1.09 bits per heavy atom. The summed E-state index contributed by atoms with van der Waals surface area (Å²) in [4.78, 5) is 26.3. The Labute approximate surface area is 202 Å². The number of hydrogen-bond donors (Lipinski definition) is 1. The highest BCUT2D eigenvalue weighted by molar-refractivity contribution is 6.31. The average Bonchev–Trinajstić information content (AvgIpc) is 2.82. The summed E-state index contributed by atoms with van der Waals surface area (Å²) in [6.45, 7) is 1.71. The molecule has 0 amide bonds. The van der Waals surface area contributed by atoms with Gasteiger partial charge in [0.25, 0.3) is 0 Å². The van der Waals surface area contributed by atoms with Crippen LogP contribution in [0.2, 0.25) is 5.02 Å². The van der Waals surface area contributed by atoms with Crippen molar-refractivity contribution in [3.8, 4) is 11.5 Å². The van der Waals surface area contributed by atoms with Crippen molar-refractivity contribution in [3.05, 3.63) is 80.9 Å². The Bertz CT molecular complexity index is 1220. The maximum absolute atomic E-state index is 15.0. The van der Waals surface area contributed by atoms with Gasteiger partial charge in [0.15, 0.2) is 17.3 Å². The van der Waals surface area contributed by atoms with Gasteiger partial charge in [-0.25, -0.2) is 9.18 Å². The van der Waals surface area contributed by atoms with Crippen LogP contribution in [0.1, 0.15) is 42.7 Å². The van der Waals surface area contributed by atoms with Gasteiger partial charge in [0.05, 0.1) is 32.8 Å². The number of allylic oxidation sites excluding steroid dienone is 3. The van der Waals surface area contributed by atoms with Crippen LogP contribution >= 0.6 is 11.6 Å². The van der Waals surface area contributed by atoms with Gasteiger partial charge in [-0.15, -0.1) is 0 Å². The summed E-state index contributed by atoms with van der Waals surface area (Å²) in [5.74, 6) is -1.35. The van der Waals surface area contributed by atoms with Crippen molar-refractivity contribution >= 4 is 23.4 Å². The van der Waals surface area contributed by atoms with Gasteiger partial charge in [0.1, 0.15) is 5.82 Å². The lowest BCUT2D eigenvalue weighted by Crippen LogP contribution is -2.36. The molecule has 6 nitrogen and oxygen atoms in total. The minimum absolute atomic E-state index is 0.0934. The van der Waals surface area contributed by atoms with Gasteiger partial charge in [-0.05, 0) is 49.1 Å². The zero-order valence-corrected chi connectivity index (χ0v) is 20.1. The van der Waals surface area contributed by atoms with Crippen molar-refractivity contribution < 1.29 is 28.2 Å². The van der Waals surface area contributed by atoms with E-state index in [1.54, 1.807) is 33.3 Å². The fraction of sp³-hybridized carbons (Fsp3) is 0.308. The highest BCUT2D eigenvalue weighted by atomic mass is 35.5. The number of ketones is 1. The summed E-state index contributed by atoms with van der Waals surface area (Å²) in [5, 5.41) is 3.36. The van der Waals surface area contributed by atoms with Crippen LogP contribution in [0.5, 0.6) is 11.5 Å². The molecule has 1 heterocycles. The highest BCUT2D eigenvalue weighted by Crippen LogP contribution is 2.48. The second-order valence-corrected chi connectivity index (χ2v) is 8.67. The number of hydrogen-bond acceptors (Lipinski definition) is 6. The number of methoxy groups -OCH3 is 3. The molecule has 2 aromatic rings. The predicted molar refractivity (Wildman–Crippen MR) is 126 cm³/mol. The van der Waals surface area contributed by atoms with Crippen molar-refractivity contribution in [1.82, 2.24) is 5.32 Å². The van der Waals surface area contributed by atoms with E-state index in [4.69, 9.17) is 25.8 Å². The first kappa shape index (κ1) is 23.8. The minimum atomic E-state index is -0.962. The number of Topliss-reactive ketones (excluding diaryl/α,β-unsaturated/α-hetero) is 1. The molecule has 178 valence electrons. The lowest BCUT2D eigenvalue weighted by Gasteiger charge is -2.37. The van der Waals surface area contributed by atoms with Gasteiger partial charge in [-0.1, -0.05) is 23.7 Å². The monoisotopic (exact) mass is 485 g/mol. The van der Waals surface area contributed by atoms with Gasteiger partial charge in [-0.2, -0.15) is 0 Å². The van der Waals surface area contributed by atoms with Crippen LogP contribution in [-0.2, 0) is 14.3 Å². The molecule has 0 bridgehead atoms. The fourth-order valence-electron chi connectivity index (χ4n) is 4.84. The molecule has 0 spiro atoms. The highest BCUT2D eigenvalue weighted by Gasteiger charge is 2.43. The molecule has 0 saturated carbocycles. The Hall–Kier alpha value is -3.32. The van der Waals surface area contributed by atoms with Crippen LogP contribution in [0.4, 0.5) is 4.39 Å². The normalized spacial score (nSPS) is 20.0. The van der Waals surface area contributed by atoms with Crippen molar-refractivity contribution in [1.29, 1.82) is 0 Å². The van der Waals surface area contributed by atoms with E-state index in [1.807, 2.05) is 12.1 Å². The summed E-state index contributed by atoms with van der Waals surface area (Å²) < 4.78 is 30.8. The molecule has 34 heavy (non-hydrogen) atoms. The predicted octanol–water partition coefficient (Wildman–Crippen LogP) is 5.03. The van der Waals surface area contributed by atoms with Crippen LogP contribution < -0.4 is 14.8 Å². The second kappa shape index (κ2) is 9.50. The molecule has 0 fully saturated rings. The van der Waals surface area contributed by atoms with Crippen molar-refractivity contribution in [2.24, 2.45) is 0 Å². The number of dihydropyridines is 1. The van der Waals surface area contributed by atoms with E-state index < -0.39 is 17.7 Å². The van der Waals surface area contributed by atoms with E-state index in [2.05, 4.69) is 5.32 Å². The van der Waals surface area contributed by atoms with Crippen LogP contribution in [0.15, 0.2) is 58.9 Å². The average molecular weight is 486 g/mol. The van der Waals surface area contributed by atoms with Gasteiger partial charge in [0.2, 0.25) is 0 Å². The zero-order valence-electron chi connectivity index (χ0n) is 19.3. The lowest BCUT2D eigenvalue weighted by atomic mass is 9.71. The summed E-state index contributed by atoms with van der Waals surface area (Å²) in [7, 11) is 4.37. The Morgan fingerprint density at radius 3 is 2.47 bits per heavy atom. The Balaban J connectivity index is 1.82. The zero-order chi connectivity index (χ0) is 24.6. The van der Waals surface area contributed by atoms with Gasteiger partial charge in [-0.3, -0.25) is 4.79 Å². The molecule has 4 rings (SSSR count). The first-order valence-electron chi connectivity index (χ1n) is 10.8. The quantitative estimate of drug-likeness (QED) is 0.599. The van der Waals surface area contributed by atoms with Crippen molar-refractivity contribution in [2.45, 2.75) is 31.6 Å². The smallest absolute Gasteiger partial charge is 0.336 e. The van der Waals surface area contributed by atoms with Gasteiger partial charge >= 0.3 is 5.97 Å². The number of nitrogens with one attached hydrogen (secondary N) is 1. The third kappa shape index (κ3) is 4.05. The number of ether oxygens (including phenoxy) is 3.